The maximum absolute atomic E-state index is 12.0. The van der Waals surface area contributed by atoms with E-state index in [4.69, 9.17) is 15.2 Å². The summed E-state index contributed by atoms with van der Waals surface area (Å²) in [5.74, 6) is 0.374. The predicted octanol–water partition coefficient (Wildman–Crippen LogP) is 0.647. The topological polar surface area (TPSA) is 85.0 Å². The van der Waals surface area contributed by atoms with Crippen LogP contribution in [0.2, 0.25) is 0 Å². The van der Waals surface area contributed by atoms with Crippen molar-refractivity contribution in [1.29, 1.82) is 0 Å². The third kappa shape index (κ3) is 4.61. The Morgan fingerprint density at radius 1 is 1.48 bits per heavy atom. The molecule has 1 heterocycles. The molecule has 1 aliphatic rings. The summed E-state index contributed by atoms with van der Waals surface area (Å²) in [6, 6.07) is 6.93. The molecule has 0 radical (unpaired) electrons. The number of aliphatic hydroxyl groups is 1. The van der Waals surface area contributed by atoms with Crippen molar-refractivity contribution in [3.63, 3.8) is 0 Å². The van der Waals surface area contributed by atoms with Crippen molar-refractivity contribution in [1.82, 2.24) is 4.90 Å². The number of nitrogens with zero attached hydrogens (tertiary/aromatic N) is 1. The van der Waals surface area contributed by atoms with E-state index in [1.165, 1.54) is 4.90 Å². The number of carbonyl (C=O) groups excluding carboxylic acids is 1. The number of hydrogen-bond donors (Lipinski definition) is 2. The van der Waals surface area contributed by atoms with E-state index in [2.05, 4.69) is 0 Å². The van der Waals surface area contributed by atoms with Crippen molar-refractivity contribution in [2.75, 3.05) is 39.1 Å². The van der Waals surface area contributed by atoms with Gasteiger partial charge in [-0.15, -0.1) is 0 Å². The molecule has 21 heavy (non-hydrogen) atoms. The lowest BCUT2D eigenvalue weighted by Crippen LogP contribution is -2.48. The number of nitrogens with two attached hydrogens (primary N) is 1. The number of ether oxygens (including phenoxy) is 2. The molecular weight excluding hydrogens is 272 g/mol. The molecule has 0 unspecified atom stereocenters. The van der Waals surface area contributed by atoms with E-state index in [1.54, 1.807) is 31.3 Å². The number of nitrogen functional groups attached to an aromatic ring is 1. The highest BCUT2D eigenvalue weighted by molar-refractivity contribution is 5.77. The Morgan fingerprint density at radius 3 is 2.86 bits per heavy atom. The number of benzene rings is 1. The molecule has 0 aromatic heterocycles. The number of rotatable bonds is 5. The summed E-state index contributed by atoms with van der Waals surface area (Å²) in [4.78, 5) is 13.5. The summed E-state index contributed by atoms with van der Waals surface area (Å²) in [5.41, 5.74) is 5.37. The quantitative estimate of drug-likeness (QED) is 0.779. The Morgan fingerprint density at radius 2 is 2.19 bits per heavy atom. The van der Waals surface area contributed by atoms with Crippen LogP contribution in [0.25, 0.3) is 0 Å². The third-order valence-corrected chi connectivity index (χ3v) is 3.60. The molecule has 0 bridgehead atoms. The Balaban J connectivity index is 1.82. The van der Waals surface area contributed by atoms with Crippen LogP contribution in [0.1, 0.15) is 12.8 Å². The number of carbonyl (C=O) groups is 1. The second-order valence-corrected chi connectivity index (χ2v) is 5.45. The lowest BCUT2D eigenvalue weighted by molar-refractivity contribution is -0.138. The van der Waals surface area contributed by atoms with E-state index < -0.39 is 5.60 Å². The van der Waals surface area contributed by atoms with Crippen LogP contribution in [-0.4, -0.2) is 54.9 Å². The van der Waals surface area contributed by atoms with Crippen LogP contribution in [0.5, 0.6) is 5.75 Å². The van der Waals surface area contributed by atoms with E-state index >= 15 is 0 Å². The summed E-state index contributed by atoms with van der Waals surface area (Å²) in [5, 5.41) is 10.4. The molecule has 0 saturated carbocycles. The minimum atomic E-state index is -0.861. The SMILES string of the molecule is CN(CC1(O)CCOCC1)C(=O)COc1cccc(N)c1. The number of likely N-dealkylation sites (N-methyl/N-ethyl adjacent to an activating group) is 1. The minimum absolute atomic E-state index is 0.0769. The van der Waals surface area contributed by atoms with Crippen molar-refractivity contribution >= 4 is 11.6 Å². The normalized spacial score (nSPS) is 17.2. The van der Waals surface area contributed by atoms with E-state index in [9.17, 15) is 9.90 Å². The zero-order chi connectivity index (χ0) is 15.3. The number of amides is 1. The van der Waals surface area contributed by atoms with Gasteiger partial charge in [-0.1, -0.05) is 6.07 Å². The Bertz CT molecular complexity index is 486. The number of anilines is 1. The fraction of sp³-hybridized carbons (Fsp3) is 0.533. The maximum atomic E-state index is 12.0. The average molecular weight is 294 g/mol. The first-order valence-corrected chi connectivity index (χ1v) is 7.01. The molecular formula is C15H22N2O4. The highest BCUT2D eigenvalue weighted by Crippen LogP contribution is 2.21. The fourth-order valence-electron chi connectivity index (χ4n) is 2.30. The first-order valence-electron chi connectivity index (χ1n) is 7.01. The zero-order valence-electron chi connectivity index (χ0n) is 12.2. The smallest absolute Gasteiger partial charge is 0.260 e. The summed E-state index contributed by atoms with van der Waals surface area (Å²) in [6.45, 7) is 1.26. The molecule has 0 aliphatic carbocycles. The molecule has 116 valence electrons. The fourth-order valence-corrected chi connectivity index (χ4v) is 2.30. The van der Waals surface area contributed by atoms with Crippen molar-refractivity contribution in [2.45, 2.75) is 18.4 Å². The first-order chi connectivity index (χ1) is 9.98. The summed E-state index contributed by atoms with van der Waals surface area (Å²) in [6.07, 6.45) is 1.08. The van der Waals surface area contributed by atoms with Crippen molar-refractivity contribution < 1.29 is 19.4 Å². The molecule has 6 nitrogen and oxygen atoms in total. The third-order valence-electron chi connectivity index (χ3n) is 3.60. The van der Waals surface area contributed by atoms with Gasteiger partial charge in [0.2, 0.25) is 0 Å². The van der Waals surface area contributed by atoms with Gasteiger partial charge in [0.25, 0.3) is 5.91 Å². The van der Waals surface area contributed by atoms with Crippen molar-refractivity contribution in [3.05, 3.63) is 24.3 Å². The molecule has 1 aromatic rings. The monoisotopic (exact) mass is 294 g/mol. The van der Waals surface area contributed by atoms with E-state index in [0.717, 1.165) is 0 Å². The molecule has 1 aliphatic heterocycles. The molecule has 2 rings (SSSR count). The first kappa shape index (κ1) is 15.6. The zero-order valence-corrected chi connectivity index (χ0v) is 12.2. The average Bonchev–Trinajstić information content (AvgIpc) is 2.45. The summed E-state index contributed by atoms with van der Waals surface area (Å²) < 4.78 is 10.6. The van der Waals surface area contributed by atoms with Crippen LogP contribution < -0.4 is 10.5 Å². The second-order valence-electron chi connectivity index (χ2n) is 5.45. The van der Waals surface area contributed by atoms with Crippen molar-refractivity contribution in [3.8, 4) is 5.75 Å². The highest BCUT2D eigenvalue weighted by Gasteiger charge is 2.32. The van der Waals surface area contributed by atoms with Crippen LogP contribution in [0.4, 0.5) is 5.69 Å². The van der Waals surface area contributed by atoms with Gasteiger partial charge < -0.3 is 25.2 Å². The van der Waals surface area contributed by atoms with Crippen molar-refractivity contribution in [2.24, 2.45) is 0 Å². The maximum Gasteiger partial charge on any atom is 0.260 e. The molecule has 1 amide bonds. The van der Waals surface area contributed by atoms with E-state index in [0.29, 0.717) is 37.5 Å². The van der Waals surface area contributed by atoms with E-state index in [1.807, 2.05) is 0 Å². The van der Waals surface area contributed by atoms with Gasteiger partial charge in [-0.3, -0.25) is 4.79 Å². The van der Waals surface area contributed by atoms with Gasteiger partial charge in [-0.25, -0.2) is 0 Å². The molecule has 1 fully saturated rings. The molecule has 6 heteroatoms. The molecule has 3 N–H and O–H groups in total. The largest absolute Gasteiger partial charge is 0.484 e. The highest BCUT2D eigenvalue weighted by atomic mass is 16.5. The van der Waals surface area contributed by atoms with Gasteiger partial charge in [0.1, 0.15) is 5.75 Å². The van der Waals surface area contributed by atoms with Crippen LogP contribution >= 0.6 is 0 Å². The lowest BCUT2D eigenvalue weighted by atomic mass is 9.94. The molecule has 1 saturated heterocycles. The standard InChI is InChI=1S/C15H22N2O4/c1-17(11-15(19)5-7-20-8-6-15)14(18)10-21-13-4-2-3-12(16)9-13/h2-4,9,19H,5-8,10-11,16H2,1H3. The van der Waals surface area contributed by atoms with Gasteiger partial charge in [0.15, 0.2) is 6.61 Å². The van der Waals surface area contributed by atoms with Crippen LogP contribution in [0.3, 0.4) is 0 Å². The van der Waals surface area contributed by atoms with Gasteiger partial charge in [0.05, 0.1) is 5.60 Å². The van der Waals surface area contributed by atoms with Gasteiger partial charge in [-0.2, -0.15) is 0 Å². The summed E-state index contributed by atoms with van der Waals surface area (Å²) in [7, 11) is 1.67. The van der Waals surface area contributed by atoms with Crippen LogP contribution in [0, 0.1) is 0 Å². The Hall–Kier alpha value is -1.79. The van der Waals surface area contributed by atoms with E-state index in [-0.39, 0.29) is 19.1 Å². The summed E-state index contributed by atoms with van der Waals surface area (Å²) >= 11 is 0. The minimum Gasteiger partial charge on any atom is -0.484 e. The molecule has 1 aromatic carbocycles. The van der Waals surface area contributed by atoms with Gasteiger partial charge in [-0.05, 0) is 12.1 Å². The lowest BCUT2D eigenvalue weighted by Gasteiger charge is -2.35. The number of hydrogen-bond acceptors (Lipinski definition) is 5. The van der Waals surface area contributed by atoms with Crippen LogP contribution in [0.15, 0.2) is 24.3 Å². The Kier molecular flexibility index (Phi) is 5.03. The van der Waals surface area contributed by atoms with Crippen LogP contribution in [-0.2, 0) is 9.53 Å². The van der Waals surface area contributed by atoms with Gasteiger partial charge >= 0.3 is 0 Å². The molecule has 0 spiro atoms. The second kappa shape index (κ2) is 6.78. The Labute approximate surface area is 124 Å². The molecule has 0 atom stereocenters. The van der Waals surface area contributed by atoms with Gasteiger partial charge in [0, 0.05) is 51.4 Å². The predicted molar refractivity (Wildman–Crippen MR) is 79.0 cm³/mol.